The molecule has 1 aliphatic carbocycles. The van der Waals surface area contributed by atoms with Crippen molar-refractivity contribution in [1.82, 2.24) is 0 Å². The summed E-state index contributed by atoms with van der Waals surface area (Å²) in [6.07, 6.45) is 0.726. The van der Waals surface area contributed by atoms with Crippen LogP contribution in [0.15, 0.2) is 18.2 Å². The topological polar surface area (TPSA) is 62.1 Å². The summed E-state index contributed by atoms with van der Waals surface area (Å²) >= 11 is 0. The van der Waals surface area contributed by atoms with Crippen molar-refractivity contribution in [1.29, 1.82) is 5.26 Å². The third-order valence-corrected chi connectivity index (χ3v) is 3.09. The first-order valence-electron chi connectivity index (χ1n) is 6.47. The normalized spacial score (nSPS) is 16.1. The largest absolute Gasteiger partial charge is 0.444 e. The van der Waals surface area contributed by atoms with Gasteiger partial charge in [0.15, 0.2) is 0 Å². The molecule has 5 heteroatoms. The van der Waals surface area contributed by atoms with Crippen LogP contribution in [0.5, 0.6) is 0 Å². The zero-order chi connectivity index (χ0) is 15.0. The number of ether oxygens (including phenoxy) is 1. The lowest BCUT2D eigenvalue weighted by Crippen LogP contribution is -2.27. The van der Waals surface area contributed by atoms with Crippen LogP contribution in [0.4, 0.5) is 14.9 Å². The molecule has 0 radical (unpaired) electrons. The molecule has 106 valence electrons. The van der Waals surface area contributed by atoms with Crippen LogP contribution >= 0.6 is 0 Å². The maximum absolute atomic E-state index is 14.0. The fourth-order valence-corrected chi connectivity index (χ4v) is 1.97. The van der Waals surface area contributed by atoms with Crippen LogP contribution < -0.4 is 5.32 Å². The molecule has 0 saturated heterocycles. The van der Waals surface area contributed by atoms with Gasteiger partial charge in [-0.25, -0.2) is 9.18 Å². The number of anilines is 1. The number of carbonyl (C=O) groups is 1. The number of benzene rings is 1. The van der Waals surface area contributed by atoms with Crippen LogP contribution in [0.3, 0.4) is 0 Å². The molecule has 0 heterocycles. The van der Waals surface area contributed by atoms with Gasteiger partial charge in [-0.1, -0.05) is 6.07 Å². The Labute approximate surface area is 117 Å². The van der Waals surface area contributed by atoms with Crippen molar-refractivity contribution < 1.29 is 13.9 Å². The van der Waals surface area contributed by atoms with Crippen molar-refractivity contribution in [2.24, 2.45) is 0 Å². The van der Waals surface area contributed by atoms with Crippen LogP contribution in [0.25, 0.3) is 0 Å². The van der Waals surface area contributed by atoms with Gasteiger partial charge in [-0.15, -0.1) is 0 Å². The Morgan fingerprint density at radius 1 is 1.45 bits per heavy atom. The molecule has 1 amide bonds. The maximum Gasteiger partial charge on any atom is 0.412 e. The van der Waals surface area contributed by atoms with Crippen LogP contribution in [0.2, 0.25) is 0 Å². The van der Waals surface area contributed by atoms with E-state index in [0.717, 1.165) is 0 Å². The highest BCUT2D eigenvalue weighted by atomic mass is 19.1. The molecular weight excluding hydrogens is 259 g/mol. The molecule has 0 atom stereocenters. The Kier molecular flexibility index (Phi) is 3.43. The number of nitriles is 1. The first kappa shape index (κ1) is 14.3. The molecule has 0 unspecified atom stereocenters. The smallest absolute Gasteiger partial charge is 0.412 e. The molecule has 4 nitrogen and oxygen atoms in total. The Morgan fingerprint density at radius 2 is 2.10 bits per heavy atom. The first-order valence-corrected chi connectivity index (χ1v) is 6.47. The van der Waals surface area contributed by atoms with E-state index in [-0.39, 0.29) is 0 Å². The lowest BCUT2D eigenvalue weighted by molar-refractivity contribution is 0.0636. The lowest BCUT2D eigenvalue weighted by atomic mass is 9.97. The number of halogens is 1. The second-order valence-corrected chi connectivity index (χ2v) is 6.02. The third kappa shape index (κ3) is 3.08. The van der Waals surface area contributed by atoms with E-state index in [1.807, 2.05) is 0 Å². The van der Waals surface area contributed by atoms with Crippen molar-refractivity contribution in [3.8, 4) is 6.07 Å². The number of amides is 1. The first-order chi connectivity index (χ1) is 9.26. The summed E-state index contributed by atoms with van der Waals surface area (Å²) in [5.41, 5.74) is -0.570. The van der Waals surface area contributed by atoms with Gasteiger partial charge >= 0.3 is 6.09 Å². The molecule has 1 saturated carbocycles. The number of hydrogen-bond acceptors (Lipinski definition) is 3. The fraction of sp³-hybridized carbons (Fsp3) is 0.467. The van der Waals surface area contributed by atoms with E-state index in [0.29, 0.717) is 24.1 Å². The van der Waals surface area contributed by atoms with Gasteiger partial charge in [-0.2, -0.15) is 5.26 Å². The molecule has 0 aromatic heterocycles. The summed E-state index contributed by atoms with van der Waals surface area (Å²) in [6, 6.07) is 6.50. The highest BCUT2D eigenvalue weighted by Crippen LogP contribution is 2.48. The van der Waals surface area contributed by atoms with Crippen molar-refractivity contribution in [3.63, 3.8) is 0 Å². The monoisotopic (exact) mass is 276 g/mol. The van der Waals surface area contributed by atoms with Gasteiger partial charge in [0.25, 0.3) is 0 Å². The molecule has 1 N–H and O–H groups in total. The van der Waals surface area contributed by atoms with E-state index >= 15 is 0 Å². The molecule has 2 rings (SSSR count). The minimum atomic E-state index is -0.672. The van der Waals surface area contributed by atoms with Gasteiger partial charge in [-0.05, 0) is 45.7 Å². The summed E-state index contributed by atoms with van der Waals surface area (Å²) in [4.78, 5) is 11.6. The summed E-state index contributed by atoms with van der Waals surface area (Å²) in [6.45, 7) is 5.25. The Balaban J connectivity index is 2.11. The summed E-state index contributed by atoms with van der Waals surface area (Å²) in [5, 5.41) is 11.5. The number of hydrogen-bond donors (Lipinski definition) is 1. The number of nitrogens with zero attached hydrogens (tertiary/aromatic N) is 1. The fourth-order valence-electron chi connectivity index (χ4n) is 1.97. The van der Waals surface area contributed by atoms with Crippen molar-refractivity contribution >= 4 is 11.8 Å². The number of rotatable bonds is 2. The van der Waals surface area contributed by atoms with Crippen molar-refractivity contribution in [3.05, 3.63) is 29.6 Å². The molecule has 0 bridgehead atoms. The average Bonchev–Trinajstić information content (AvgIpc) is 3.07. The lowest BCUT2D eigenvalue weighted by Gasteiger charge is -2.20. The second kappa shape index (κ2) is 4.78. The maximum atomic E-state index is 14.0. The predicted molar refractivity (Wildman–Crippen MR) is 72.8 cm³/mol. The van der Waals surface area contributed by atoms with E-state index in [9.17, 15) is 9.18 Å². The zero-order valence-corrected chi connectivity index (χ0v) is 11.8. The molecular formula is C15H17FN2O2. The van der Waals surface area contributed by atoms with E-state index < -0.39 is 22.9 Å². The Bertz CT molecular complexity index is 581. The van der Waals surface area contributed by atoms with E-state index in [1.54, 1.807) is 32.9 Å². The highest BCUT2D eigenvalue weighted by molar-refractivity contribution is 5.84. The van der Waals surface area contributed by atoms with Crippen LogP contribution in [0, 0.1) is 17.1 Å². The van der Waals surface area contributed by atoms with Gasteiger partial charge in [0.05, 0.1) is 11.5 Å². The van der Waals surface area contributed by atoms with Gasteiger partial charge in [-0.3, -0.25) is 5.32 Å². The molecule has 0 spiro atoms. The summed E-state index contributed by atoms with van der Waals surface area (Å²) < 4.78 is 19.1. The Morgan fingerprint density at radius 3 is 2.55 bits per heavy atom. The van der Waals surface area contributed by atoms with E-state index in [2.05, 4.69) is 11.4 Å². The van der Waals surface area contributed by atoms with Gasteiger partial charge in [0.1, 0.15) is 11.4 Å². The van der Waals surface area contributed by atoms with Gasteiger partial charge in [0, 0.05) is 11.3 Å². The van der Waals surface area contributed by atoms with Crippen molar-refractivity contribution in [2.75, 3.05) is 5.32 Å². The molecule has 0 aliphatic heterocycles. The van der Waals surface area contributed by atoms with E-state index in [4.69, 9.17) is 10.00 Å². The zero-order valence-electron chi connectivity index (χ0n) is 11.8. The Hall–Kier alpha value is -2.09. The van der Waals surface area contributed by atoms with Gasteiger partial charge in [0.2, 0.25) is 0 Å². The SMILES string of the molecule is CC(C)(C)OC(=O)Nc1ccc(C2(C#N)CC2)c(F)c1. The minimum Gasteiger partial charge on any atom is -0.444 e. The van der Waals surface area contributed by atoms with Crippen LogP contribution in [-0.4, -0.2) is 11.7 Å². The molecule has 1 aromatic rings. The van der Waals surface area contributed by atoms with Gasteiger partial charge < -0.3 is 4.74 Å². The molecule has 1 aliphatic rings. The number of nitrogens with one attached hydrogen (secondary N) is 1. The molecule has 20 heavy (non-hydrogen) atoms. The summed E-state index contributed by atoms with van der Waals surface area (Å²) in [7, 11) is 0. The minimum absolute atomic E-state index is 0.314. The molecule has 1 fully saturated rings. The quantitative estimate of drug-likeness (QED) is 0.895. The second-order valence-electron chi connectivity index (χ2n) is 6.02. The third-order valence-electron chi connectivity index (χ3n) is 3.09. The predicted octanol–water partition coefficient (Wildman–Crippen LogP) is 3.73. The average molecular weight is 276 g/mol. The van der Waals surface area contributed by atoms with Crippen molar-refractivity contribution in [2.45, 2.75) is 44.6 Å². The highest BCUT2D eigenvalue weighted by Gasteiger charge is 2.46. The van der Waals surface area contributed by atoms with Crippen LogP contribution in [-0.2, 0) is 10.2 Å². The number of carbonyl (C=O) groups excluding carboxylic acids is 1. The summed E-state index contributed by atoms with van der Waals surface area (Å²) in [5.74, 6) is -0.474. The standard InChI is InChI=1S/C15H17FN2O2/c1-14(2,3)20-13(19)18-10-4-5-11(12(16)8-10)15(9-17)6-7-15/h4-5,8H,6-7H2,1-3H3,(H,18,19). The van der Waals surface area contributed by atoms with Crippen LogP contribution in [0.1, 0.15) is 39.2 Å². The van der Waals surface area contributed by atoms with E-state index in [1.165, 1.54) is 6.07 Å². The molecule has 1 aromatic carbocycles.